The molecule has 40 heavy (non-hydrogen) atoms. The maximum Gasteiger partial charge on any atom is 0.421 e. The van der Waals surface area contributed by atoms with Crippen molar-refractivity contribution in [2.45, 2.75) is 96.2 Å². The fourth-order valence-electron chi connectivity index (χ4n) is 10.1. The third kappa shape index (κ3) is 4.94. The van der Waals surface area contributed by atoms with Crippen LogP contribution >= 0.6 is 0 Å². The van der Waals surface area contributed by atoms with Crippen molar-refractivity contribution in [3.05, 3.63) is 24.3 Å². The molecule has 4 N–H and O–H groups in total. The van der Waals surface area contributed by atoms with Crippen molar-refractivity contribution in [3.63, 3.8) is 0 Å². The van der Waals surface area contributed by atoms with Crippen LogP contribution in [0.15, 0.2) is 29.2 Å². The van der Waals surface area contributed by atoms with Crippen LogP contribution < -0.4 is 4.72 Å². The highest BCUT2D eigenvalue weighted by atomic mass is 32.2. The number of hydrogen-bond acceptors (Lipinski definition) is 7. The summed E-state index contributed by atoms with van der Waals surface area (Å²) in [6.45, 7) is 9.17. The Labute approximate surface area is 239 Å². The van der Waals surface area contributed by atoms with Crippen molar-refractivity contribution < 1.29 is 33.3 Å². The molecule has 1 amide bonds. The number of aliphatic hydroxyl groups excluding tert-OH is 2. The number of carbonyl (C=O) groups is 1. The van der Waals surface area contributed by atoms with E-state index in [0.29, 0.717) is 23.7 Å². The quantitative estimate of drug-likeness (QED) is 0.371. The fourth-order valence-corrected chi connectivity index (χ4v) is 11.0. The highest BCUT2D eigenvalue weighted by molar-refractivity contribution is 7.90. The number of benzene rings is 1. The van der Waals surface area contributed by atoms with Gasteiger partial charge in [-0.15, -0.1) is 0 Å². The van der Waals surface area contributed by atoms with Crippen molar-refractivity contribution in [1.29, 1.82) is 0 Å². The van der Waals surface area contributed by atoms with Gasteiger partial charge in [0.2, 0.25) is 0 Å². The van der Waals surface area contributed by atoms with Gasteiger partial charge in [-0.25, -0.2) is 17.9 Å². The normalized spacial score (nSPS) is 41.8. The van der Waals surface area contributed by atoms with Gasteiger partial charge in [-0.05, 0) is 109 Å². The molecule has 0 spiro atoms. The smallest absolute Gasteiger partial charge is 0.421 e. The van der Waals surface area contributed by atoms with Crippen LogP contribution in [0.4, 0.5) is 4.79 Å². The van der Waals surface area contributed by atoms with Gasteiger partial charge < -0.3 is 20.1 Å². The first-order valence-corrected chi connectivity index (χ1v) is 16.6. The number of aliphatic hydroxyl groups is 2. The lowest BCUT2D eigenvalue weighted by Gasteiger charge is -2.64. The van der Waals surface area contributed by atoms with Crippen molar-refractivity contribution in [3.8, 4) is 5.75 Å². The van der Waals surface area contributed by atoms with Crippen LogP contribution in [0.2, 0.25) is 0 Å². The van der Waals surface area contributed by atoms with Gasteiger partial charge in [0.15, 0.2) is 0 Å². The minimum atomic E-state index is -4.15. The number of carbonyl (C=O) groups excluding carboxylic acids is 1. The molecule has 0 aromatic heterocycles. The van der Waals surface area contributed by atoms with Gasteiger partial charge in [-0.1, -0.05) is 40.2 Å². The van der Waals surface area contributed by atoms with Gasteiger partial charge >= 0.3 is 6.09 Å². The molecule has 4 saturated carbocycles. The summed E-state index contributed by atoms with van der Waals surface area (Å²) >= 11 is 0. The van der Waals surface area contributed by atoms with E-state index < -0.39 is 16.1 Å². The zero-order valence-corrected chi connectivity index (χ0v) is 25.1. The Bertz CT molecular complexity index is 1210. The summed E-state index contributed by atoms with van der Waals surface area (Å²) < 4.78 is 32.4. The summed E-state index contributed by atoms with van der Waals surface area (Å²) in [6, 6.07) is 5.13. The molecule has 5 rings (SSSR count). The summed E-state index contributed by atoms with van der Waals surface area (Å²) in [5.74, 6) is 1.81. The summed E-state index contributed by atoms with van der Waals surface area (Å²) in [6.07, 6.45) is 6.16. The average molecular weight is 578 g/mol. The second-order valence-electron chi connectivity index (χ2n) is 13.8. The van der Waals surface area contributed by atoms with Crippen LogP contribution in [0.1, 0.15) is 79.1 Å². The van der Waals surface area contributed by atoms with Crippen LogP contribution in [0.5, 0.6) is 5.75 Å². The summed E-state index contributed by atoms with van der Waals surface area (Å²) in [4.78, 5) is 12.3. The number of amides is 1. The van der Waals surface area contributed by atoms with Crippen LogP contribution in [0.3, 0.4) is 0 Å². The Morgan fingerprint density at radius 3 is 2.48 bits per heavy atom. The van der Waals surface area contributed by atoms with Gasteiger partial charge in [0.25, 0.3) is 10.0 Å². The lowest BCUT2D eigenvalue weighted by Crippen LogP contribution is -2.62. The monoisotopic (exact) mass is 577 g/mol. The lowest BCUT2D eigenvalue weighted by atomic mass is 9.41. The number of fused-ring (bicyclic) bond motifs is 5. The van der Waals surface area contributed by atoms with E-state index in [-0.39, 0.29) is 58.0 Å². The molecular weight excluding hydrogens is 530 g/mol. The van der Waals surface area contributed by atoms with E-state index >= 15 is 0 Å². The van der Waals surface area contributed by atoms with E-state index in [2.05, 4.69) is 27.7 Å². The van der Waals surface area contributed by atoms with Crippen LogP contribution in [0, 0.1) is 52.3 Å². The predicted molar refractivity (Wildman–Crippen MR) is 151 cm³/mol. The molecule has 1 aromatic rings. The molecular formula is C31H47NO7S. The van der Waals surface area contributed by atoms with Crippen molar-refractivity contribution >= 4 is 16.1 Å². The average Bonchev–Trinajstić information content (AvgIpc) is 3.25. The Balaban J connectivity index is 1.27. The third-order valence-electron chi connectivity index (χ3n) is 12.0. The first kappa shape index (κ1) is 29.6. The summed E-state index contributed by atoms with van der Waals surface area (Å²) in [5.41, 5.74) is 0.168. The highest BCUT2D eigenvalue weighted by Gasteiger charge is 2.64. The number of phenolic OH excluding ortho intramolecular Hbond substituents is 1. The number of aromatic hydroxyl groups is 1. The first-order chi connectivity index (χ1) is 18.8. The third-order valence-corrected chi connectivity index (χ3v) is 13.3. The molecule has 0 heterocycles. The van der Waals surface area contributed by atoms with Crippen molar-refractivity contribution in [1.82, 2.24) is 4.72 Å². The zero-order valence-electron chi connectivity index (χ0n) is 24.3. The zero-order chi connectivity index (χ0) is 29.0. The Hall–Kier alpha value is -1.84. The van der Waals surface area contributed by atoms with E-state index in [9.17, 15) is 28.5 Å². The minimum Gasteiger partial charge on any atom is -0.508 e. The minimum absolute atomic E-state index is 0.0186. The Morgan fingerprint density at radius 1 is 1.07 bits per heavy atom. The van der Waals surface area contributed by atoms with Gasteiger partial charge in [-0.2, -0.15) is 0 Å². The van der Waals surface area contributed by atoms with Crippen molar-refractivity contribution in [2.75, 3.05) is 6.61 Å². The molecule has 11 atom stereocenters. The van der Waals surface area contributed by atoms with E-state index in [4.69, 9.17) is 4.74 Å². The number of nitrogens with one attached hydrogen (secondary N) is 1. The molecule has 4 aliphatic rings. The molecule has 0 aliphatic heterocycles. The molecule has 0 bridgehead atoms. The van der Waals surface area contributed by atoms with Gasteiger partial charge in [0.05, 0.1) is 23.7 Å². The van der Waals surface area contributed by atoms with E-state index in [1.165, 1.54) is 18.2 Å². The van der Waals surface area contributed by atoms with Crippen molar-refractivity contribution in [2.24, 2.45) is 52.3 Å². The maximum absolute atomic E-state index is 12.5. The molecule has 4 fully saturated rings. The molecule has 4 unspecified atom stereocenters. The predicted octanol–water partition coefficient (Wildman–Crippen LogP) is 5.07. The van der Waals surface area contributed by atoms with Gasteiger partial charge in [0.1, 0.15) is 5.75 Å². The van der Waals surface area contributed by atoms with Gasteiger partial charge in [-0.3, -0.25) is 0 Å². The van der Waals surface area contributed by atoms with Crippen LogP contribution in [-0.2, 0) is 14.8 Å². The fraction of sp³-hybridized carbons (Fsp3) is 0.774. The molecule has 224 valence electrons. The SMILES string of the molecule is CC[C@H]1[C@@H](O)C2C3CCC([C@H](C)COC(=O)NS(=O)(=O)c4cccc(O)c4)[C@@]3(C)CCC2[C@@]2(C)CC[C@@H](O)C[C@@H]12. The number of rotatable bonds is 6. The van der Waals surface area contributed by atoms with E-state index in [0.717, 1.165) is 57.4 Å². The second kappa shape index (κ2) is 10.8. The molecule has 8 nitrogen and oxygen atoms in total. The first-order valence-electron chi connectivity index (χ1n) is 15.2. The lowest BCUT2D eigenvalue weighted by molar-refractivity contribution is -0.203. The number of hydrogen-bond donors (Lipinski definition) is 4. The van der Waals surface area contributed by atoms with Crippen LogP contribution in [0.25, 0.3) is 0 Å². The molecule has 1 aromatic carbocycles. The molecule has 9 heteroatoms. The maximum atomic E-state index is 12.5. The van der Waals surface area contributed by atoms with Gasteiger partial charge in [0, 0.05) is 6.07 Å². The number of phenols is 1. The Kier molecular flexibility index (Phi) is 7.98. The molecule has 0 saturated heterocycles. The number of ether oxygens (including phenoxy) is 1. The second-order valence-corrected chi connectivity index (χ2v) is 15.5. The largest absolute Gasteiger partial charge is 0.508 e. The molecule has 0 radical (unpaired) electrons. The molecule has 4 aliphatic carbocycles. The Morgan fingerprint density at radius 2 is 1.77 bits per heavy atom. The standard InChI is InChI=1S/C31H47NO7S/c1-5-22-26-16-20(34)11-13-31(26,4)25-12-14-30(3)23(9-10-24(30)27(25)28(22)35)18(2)17-39-29(36)32-40(37,38)21-8-6-7-19(33)15-21/h6-8,15,18,20,22-28,33-35H,5,9-14,16-17H2,1-4H3,(H,32,36)/t18-,20-,22-,23?,24?,25?,26+,27?,28-,30-,31-/m1/s1. The summed E-state index contributed by atoms with van der Waals surface area (Å²) in [7, 11) is -4.15. The topological polar surface area (TPSA) is 133 Å². The summed E-state index contributed by atoms with van der Waals surface area (Å²) in [5, 5.41) is 31.9. The van der Waals surface area contributed by atoms with Crippen LogP contribution in [-0.4, -0.2) is 48.6 Å². The van der Waals surface area contributed by atoms with E-state index in [1.807, 2.05) is 4.72 Å². The highest BCUT2D eigenvalue weighted by Crippen LogP contribution is 2.69. The van der Waals surface area contributed by atoms with E-state index in [1.54, 1.807) is 0 Å². The number of sulfonamides is 1.